The summed E-state index contributed by atoms with van der Waals surface area (Å²) in [5.74, 6) is 0.330. The molecule has 0 bridgehead atoms. The number of aromatic amines is 1. The number of ketones is 1. The molecule has 2 aromatic heterocycles. The summed E-state index contributed by atoms with van der Waals surface area (Å²) in [5, 5.41) is 3.86. The van der Waals surface area contributed by atoms with E-state index in [4.69, 9.17) is 4.74 Å². The van der Waals surface area contributed by atoms with E-state index in [0.29, 0.717) is 23.5 Å². The van der Waals surface area contributed by atoms with Gasteiger partial charge in [-0.25, -0.2) is 9.97 Å². The van der Waals surface area contributed by atoms with Crippen LogP contribution in [-0.2, 0) is 17.4 Å². The number of rotatable bonds is 7. The number of alkyl halides is 3. The van der Waals surface area contributed by atoms with Crippen LogP contribution >= 0.6 is 0 Å². The predicted octanol–water partition coefficient (Wildman–Crippen LogP) is 4.53. The molecule has 1 aliphatic carbocycles. The summed E-state index contributed by atoms with van der Waals surface area (Å²) in [6.45, 7) is 0.0579. The van der Waals surface area contributed by atoms with Gasteiger partial charge < -0.3 is 15.0 Å². The van der Waals surface area contributed by atoms with E-state index in [2.05, 4.69) is 20.3 Å². The smallest absolute Gasteiger partial charge is 0.416 e. The summed E-state index contributed by atoms with van der Waals surface area (Å²) >= 11 is 0. The molecule has 1 aromatic carbocycles. The fourth-order valence-electron chi connectivity index (χ4n) is 3.32. The molecule has 0 saturated carbocycles. The van der Waals surface area contributed by atoms with Crippen molar-refractivity contribution < 1.29 is 22.7 Å². The van der Waals surface area contributed by atoms with Crippen LogP contribution in [0.15, 0.2) is 78.9 Å². The number of hydrogen-bond donors (Lipinski definition) is 2. The van der Waals surface area contributed by atoms with Crippen LogP contribution in [0.3, 0.4) is 0 Å². The molecule has 33 heavy (non-hydrogen) atoms. The molecule has 0 fully saturated rings. The number of benzene rings is 1. The Morgan fingerprint density at radius 1 is 1.15 bits per heavy atom. The van der Waals surface area contributed by atoms with Crippen molar-refractivity contribution in [1.29, 1.82) is 0 Å². The average Bonchev–Trinajstić information content (AvgIpc) is 3.25. The van der Waals surface area contributed by atoms with E-state index in [0.717, 1.165) is 23.2 Å². The number of Topliss-reactive ketones (excluding diaryl/α,β-unsaturated/α-hetero) is 1. The van der Waals surface area contributed by atoms with Crippen LogP contribution in [0.25, 0.3) is 11.0 Å². The number of H-pyrrole nitrogens is 1. The van der Waals surface area contributed by atoms with Gasteiger partial charge in [0.1, 0.15) is 18.1 Å². The van der Waals surface area contributed by atoms with Crippen LogP contribution in [0.1, 0.15) is 17.5 Å². The summed E-state index contributed by atoms with van der Waals surface area (Å²) < 4.78 is 44.0. The SMILES string of the molecule is O=C(CNC1=CC/C=C\C(Oc2ncnc3[nH]ccc23)C=C1)Cc1ccc(C(F)(F)F)cc1. The lowest BCUT2D eigenvalue weighted by Gasteiger charge is -2.14. The highest BCUT2D eigenvalue weighted by Gasteiger charge is 2.29. The lowest BCUT2D eigenvalue weighted by molar-refractivity contribution is -0.137. The highest BCUT2D eigenvalue weighted by Crippen LogP contribution is 2.29. The maximum Gasteiger partial charge on any atom is 0.416 e. The first-order chi connectivity index (χ1) is 15.9. The third-order valence-corrected chi connectivity index (χ3v) is 5.00. The zero-order valence-corrected chi connectivity index (χ0v) is 17.5. The minimum absolute atomic E-state index is 0.0497. The van der Waals surface area contributed by atoms with Gasteiger partial charge in [-0.1, -0.05) is 24.3 Å². The predicted molar refractivity (Wildman–Crippen MR) is 117 cm³/mol. The first-order valence-corrected chi connectivity index (χ1v) is 10.3. The van der Waals surface area contributed by atoms with Gasteiger partial charge in [0.2, 0.25) is 5.88 Å². The third kappa shape index (κ3) is 5.88. The second kappa shape index (κ2) is 9.72. The van der Waals surface area contributed by atoms with Gasteiger partial charge in [-0.05, 0) is 48.4 Å². The number of carbonyl (C=O) groups is 1. The van der Waals surface area contributed by atoms with E-state index in [1.54, 1.807) is 6.20 Å². The third-order valence-electron chi connectivity index (χ3n) is 5.00. The van der Waals surface area contributed by atoms with Gasteiger partial charge >= 0.3 is 6.18 Å². The molecule has 3 aromatic rings. The van der Waals surface area contributed by atoms with E-state index in [1.165, 1.54) is 18.5 Å². The van der Waals surface area contributed by atoms with E-state index in [1.807, 2.05) is 36.4 Å². The Morgan fingerprint density at radius 3 is 2.76 bits per heavy atom. The fourth-order valence-corrected chi connectivity index (χ4v) is 3.32. The molecule has 0 spiro atoms. The number of halogens is 3. The monoisotopic (exact) mass is 454 g/mol. The van der Waals surface area contributed by atoms with Crippen LogP contribution in [0, 0.1) is 0 Å². The maximum atomic E-state index is 12.7. The molecular formula is C24H21F3N4O2. The number of hydrogen-bond acceptors (Lipinski definition) is 5. The number of aromatic nitrogens is 3. The van der Waals surface area contributed by atoms with Crippen molar-refractivity contribution in [3.63, 3.8) is 0 Å². The molecule has 0 radical (unpaired) electrons. The Labute approximate surface area is 187 Å². The number of ether oxygens (including phenoxy) is 1. The summed E-state index contributed by atoms with van der Waals surface area (Å²) in [6, 6.07) is 6.48. The van der Waals surface area contributed by atoms with Crippen LogP contribution < -0.4 is 10.1 Å². The van der Waals surface area contributed by atoms with Gasteiger partial charge in [-0.15, -0.1) is 0 Å². The molecule has 6 nitrogen and oxygen atoms in total. The minimum Gasteiger partial charge on any atom is -0.465 e. The molecule has 2 N–H and O–H groups in total. The molecule has 1 unspecified atom stereocenters. The second-order valence-electron chi connectivity index (χ2n) is 7.45. The zero-order valence-electron chi connectivity index (χ0n) is 17.5. The van der Waals surface area contributed by atoms with E-state index in [9.17, 15) is 18.0 Å². The topological polar surface area (TPSA) is 79.9 Å². The molecule has 4 rings (SSSR count). The maximum absolute atomic E-state index is 12.7. The van der Waals surface area contributed by atoms with Crippen molar-refractivity contribution in [3.8, 4) is 5.88 Å². The Balaban J connectivity index is 1.32. The van der Waals surface area contributed by atoms with Crippen molar-refractivity contribution >= 4 is 16.8 Å². The molecule has 170 valence electrons. The number of nitrogens with zero attached hydrogens (tertiary/aromatic N) is 2. The van der Waals surface area contributed by atoms with E-state index >= 15 is 0 Å². The van der Waals surface area contributed by atoms with Crippen LogP contribution in [0.4, 0.5) is 13.2 Å². The summed E-state index contributed by atoms with van der Waals surface area (Å²) in [5.41, 5.74) is 1.25. The lowest BCUT2D eigenvalue weighted by atomic mass is 10.1. The Kier molecular flexibility index (Phi) is 6.58. The summed E-state index contributed by atoms with van der Waals surface area (Å²) in [7, 11) is 0. The minimum atomic E-state index is -4.39. The Morgan fingerprint density at radius 2 is 1.97 bits per heavy atom. The second-order valence-corrected chi connectivity index (χ2v) is 7.45. The van der Waals surface area contributed by atoms with Crippen molar-refractivity contribution in [2.75, 3.05) is 6.54 Å². The average molecular weight is 454 g/mol. The molecule has 0 aliphatic heterocycles. The summed E-state index contributed by atoms with van der Waals surface area (Å²) in [6.07, 6.45) is 8.62. The van der Waals surface area contributed by atoms with Crippen molar-refractivity contribution in [1.82, 2.24) is 20.3 Å². The first kappa shape index (κ1) is 22.3. The molecule has 2 heterocycles. The van der Waals surface area contributed by atoms with Crippen molar-refractivity contribution in [2.45, 2.75) is 25.1 Å². The van der Waals surface area contributed by atoms with E-state index < -0.39 is 11.7 Å². The molecule has 1 atom stereocenters. The first-order valence-electron chi connectivity index (χ1n) is 10.3. The molecule has 9 heteroatoms. The summed E-state index contributed by atoms with van der Waals surface area (Å²) in [4.78, 5) is 23.7. The number of allylic oxidation sites excluding steroid dienone is 3. The lowest BCUT2D eigenvalue weighted by Crippen LogP contribution is -2.24. The van der Waals surface area contributed by atoms with Gasteiger partial charge in [0.05, 0.1) is 17.5 Å². The normalized spacial score (nSPS) is 17.2. The highest BCUT2D eigenvalue weighted by atomic mass is 19.4. The molecule has 0 amide bonds. The number of fused-ring (bicyclic) bond motifs is 1. The number of carbonyl (C=O) groups excluding carboxylic acids is 1. The Hall–Kier alpha value is -3.88. The zero-order chi connectivity index (χ0) is 23.3. The molecular weight excluding hydrogens is 433 g/mol. The van der Waals surface area contributed by atoms with Gasteiger partial charge in [-0.3, -0.25) is 4.79 Å². The van der Waals surface area contributed by atoms with E-state index in [-0.39, 0.29) is 24.9 Å². The van der Waals surface area contributed by atoms with Gasteiger partial charge in [0.25, 0.3) is 0 Å². The van der Waals surface area contributed by atoms with Crippen LogP contribution in [0.5, 0.6) is 5.88 Å². The standard InChI is InChI=1S/C24H21F3N4O2/c25-24(26,27)17-7-5-16(6-8-17)13-19(32)14-29-18-3-1-2-4-20(10-9-18)33-23-21-11-12-28-22(21)30-15-31-23/h2-12,15,20,29H,1,13-14H2,(H,28,30,31)/b4-2-,10-9?,18-3?. The molecule has 0 saturated heterocycles. The van der Waals surface area contributed by atoms with Crippen molar-refractivity contribution in [3.05, 3.63) is 90.1 Å². The van der Waals surface area contributed by atoms with Crippen LogP contribution in [0.2, 0.25) is 0 Å². The van der Waals surface area contributed by atoms with Crippen molar-refractivity contribution in [2.24, 2.45) is 0 Å². The van der Waals surface area contributed by atoms with Gasteiger partial charge in [-0.2, -0.15) is 13.2 Å². The van der Waals surface area contributed by atoms with Gasteiger partial charge in [0.15, 0.2) is 5.78 Å². The largest absolute Gasteiger partial charge is 0.465 e. The molecule has 1 aliphatic rings. The highest BCUT2D eigenvalue weighted by molar-refractivity contribution is 5.83. The van der Waals surface area contributed by atoms with Crippen LogP contribution in [-0.4, -0.2) is 33.4 Å². The quantitative estimate of drug-likeness (QED) is 0.513. The van der Waals surface area contributed by atoms with Gasteiger partial charge in [0, 0.05) is 18.3 Å². The Bertz CT molecular complexity index is 1210. The fraction of sp³-hybridized carbons (Fsp3) is 0.208. The number of nitrogens with one attached hydrogen (secondary N) is 2.